The van der Waals surface area contributed by atoms with Crippen LogP contribution in [-0.4, -0.2) is 42.0 Å². The van der Waals surface area contributed by atoms with Crippen LogP contribution in [0.25, 0.3) is 0 Å². The van der Waals surface area contributed by atoms with E-state index in [0.717, 1.165) is 48.7 Å². The average molecular weight is 324 g/mol. The van der Waals surface area contributed by atoms with Gasteiger partial charge in [0.1, 0.15) is 4.88 Å². The molecule has 124 valence electrons. The summed E-state index contributed by atoms with van der Waals surface area (Å²) in [6.07, 6.45) is 8.47. The fourth-order valence-corrected chi connectivity index (χ4v) is 3.91. The molecule has 1 amide bonds. The largest absolute Gasteiger partial charge is 0.349 e. The first-order valence-electron chi connectivity index (χ1n) is 8.59. The first-order chi connectivity index (χ1) is 10.6. The van der Waals surface area contributed by atoms with Crippen molar-refractivity contribution in [3.63, 3.8) is 0 Å². The number of amides is 1. The molecule has 0 spiro atoms. The van der Waals surface area contributed by atoms with Crippen molar-refractivity contribution in [3.05, 3.63) is 16.1 Å². The lowest BCUT2D eigenvalue weighted by Crippen LogP contribution is -2.33. The third-order valence-electron chi connectivity index (χ3n) is 4.55. The number of rotatable bonds is 7. The molecule has 2 rings (SSSR count). The van der Waals surface area contributed by atoms with Gasteiger partial charge < -0.3 is 10.2 Å². The highest BCUT2D eigenvalue weighted by atomic mass is 32.1. The van der Waals surface area contributed by atoms with Gasteiger partial charge in [-0.3, -0.25) is 4.79 Å². The number of unbranched alkanes of at least 4 members (excludes halogenated alkanes) is 1. The summed E-state index contributed by atoms with van der Waals surface area (Å²) in [6, 6.07) is 0.293. The molecule has 1 N–H and O–H groups in total. The van der Waals surface area contributed by atoms with E-state index < -0.39 is 0 Å². The summed E-state index contributed by atoms with van der Waals surface area (Å²) in [7, 11) is 2.16. The number of thiazole rings is 1. The summed E-state index contributed by atoms with van der Waals surface area (Å²) in [5.74, 6) is 0.587. The second-order valence-electron chi connectivity index (χ2n) is 6.36. The van der Waals surface area contributed by atoms with Crippen LogP contribution in [0.4, 0.5) is 0 Å². The Morgan fingerprint density at radius 3 is 2.82 bits per heavy atom. The first-order valence-corrected chi connectivity index (χ1v) is 9.40. The summed E-state index contributed by atoms with van der Waals surface area (Å²) in [6.45, 7) is 6.57. The van der Waals surface area contributed by atoms with Gasteiger partial charge in [0.2, 0.25) is 0 Å². The number of aromatic nitrogens is 1. The zero-order chi connectivity index (χ0) is 15.9. The van der Waals surface area contributed by atoms with E-state index in [0.29, 0.717) is 12.0 Å². The van der Waals surface area contributed by atoms with Crippen molar-refractivity contribution >= 4 is 17.2 Å². The number of hydrogen-bond donors (Lipinski definition) is 1. The van der Waals surface area contributed by atoms with Crippen LogP contribution < -0.4 is 5.32 Å². The Morgan fingerprint density at radius 1 is 1.45 bits per heavy atom. The number of nitrogens with one attached hydrogen (secondary N) is 1. The van der Waals surface area contributed by atoms with Crippen molar-refractivity contribution in [2.24, 2.45) is 0 Å². The second-order valence-corrected chi connectivity index (χ2v) is 7.42. The molecule has 5 heteroatoms. The van der Waals surface area contributed by atoms with Crippen LogP contribution in [-0.2, 0) is 0 Å². The van der Waals surface area contributed by atoms with E-state index in [2.05, 4.69) is 36.1 Å². The molecule has 0 unspecified atom stereocenters. The molecule has 0 radical (unpaired) electrons. The average Bonchev–Trinajstić information content (AvgIpc) is 3.02. The smallest absolute Gasteiger partial charge is 0.263 e. The van der Waals surface area contributed by atoms with Crippen LogP contribution in [0.2, 0.25) is 0 Å². The van der Waals surface area contributed by atoms with E-state index in [1.54, 1.807) is 17.5 Å². The summed E-state index contributed by atoms with van der Waals surface area (Å²) >= 11 is 1.58. The molecule has 0 bridgehead atoms. The molecule has 0 aliphatic carbocycles. The van der Waals surface area contributed by atoms with E-state index in [1.165, 1.54) is 12.8 Å². The second kappa shape index (κ2) is 8.63. The van der Waals surface area contributed by atoms with E-state index in [4.69, 9.17) is 0 Å². The van der Waals surface area contributed by atoms with Crippen LogP contribution in [0.3, 0.4) is 0 Å². The predicted molar refractivity (Wildman–Crippen MR) is 92.7 cm³/mol. The molecule has 1 atom stereocenters. The molecule has 1 aliphatic heterocycles. The minimum atomic E-state index is 0.0552. The fraction of sp³-hybridized carbons (Fsp3) is 0.765. The van der Waals surface area contributed by atoms with Crippen molar-refractivity contribution in [2.45, 2.75) is 64.3 Å². The zero-order valence-corrected chi connectivity index (χ0v) is 14.9. The molecular formula is C17H29N3OS. The highest BCUT2D eigenvalue weighted by Gasteiger charge is 2.22. The number of carbonyl (C=O) groups excluding carboxylic acids is 1. The van der Waals surface area contributed by atoms with E-state index in [1.807, 2.05) is 0 Å². The fourth-order valence-electron chi connectivity index (χ4n) is 2.92. The van der Waals surface area contributed by atoms with Gasteiger partial charge in [0.05, 0.1) is 11.2 Å². The maximum Gasteiger partial charge on any atom is 0.263 e. The van der Waals surface area contributed by atoms with Crippen LogP contribution in [0.1, 0.15) is 73.0 Å². The van der Waals surface area contributed by atoms with Crippen LogP contribution in [0.15, 0.2) is 6.20 Å². The quantitative estimate of drug-likeness (QED) is 0.833. The minimum absolute atomic E-state index is 0.0552. The molecule has 0 saturated carbocycles. The standard InChI is InChI=1S/C17H29N3OS/c1-4-6-7-14(5-2)19-16(21)15-12-18-17(22-15)13-8-10-20(3)11-9-13/h12-14H,4-11H2,1-3H3,(H,19,21)/t14-/m1/s1. The van der Waals surface area contributed by atoms with Gasteiger partial charge in [0, 0.05) is 12.0 Å². The predicted octanol–water partition coefficient (Wildman–Crippen LogP) is 3.65. The monoisotopic (exact) mass is 323 g/mol. The number of likely N-dealkylation sites (tertiary alicyclic amines) is 1. The van der Waals surface area contributed by atoms with Gasteiger partial charge in [-0.15, -0.1) is 11.3 Å². The molecule has 0 aromatic carbocycles. The molecular weight excluding hydrogens is 294 g/mol. The van der Waals surface area contributed by atoms with Crippen LogP contribution in [0.5, 0.6) is 0 Å². The third kappa shape index (κ3) is 4.78. The van der Waals surface area contributed by atoms with Gasteiger partial charge in [-0.2, -0.15) is 0 Å². The van der Waals surface area contributed by atoms with Gasteiger partial charge >= 0.3 is 0 Å². The first kappa shape index (κ1) is 17.4. The van der Waals surface area contributed by atoms with Crippen LogP contribution >= 0.6 is 11.3 Å². The lowest BCUT2D eigenvalue weighted by atomic mass is 9.98. The molecule has 2 heterocycles. The highest BCUT2D eigenvalue weighted by molar-refractivity contribution is 7.13. The maximum atomic E-state index is 12.4. The van der Waals surface area contributed by atoms with Crippen LogP contribution in [0, 0.1) is 0 Å². The molecule has 4 nitrogen and oxygen atoms in total. The van der Waals surface area contributed by atoms with Gasteiger partial charge in [-0.25, -0.2) is 4.98 Å². The normalized spacial score (nSPS) is 18.3. The summed E-state index contributed by atoms with van der Waals surface area (Å²) in [4.78, 5) is 20.0. The maximum absolute atomic E-state index is 12.4. The zero-order valence-electron chi connectivity index (χ0n) is 14.1. The topological polar surface area (TPSA) is 45.2 Å². The Balaban J connectivity index is 1.91. The van der Waals surface area contributed by atoms with Gasteiger partial charge in [0.15, 0.2) is 0 Å². The summed E-state index contributed by atoms with van der Waals surface area (Å²) < 4.78 is 0. The summed E-state index contributed by atoms with van der Waals surface area (Å²) in [5.41, 5.74) is 0. The molecule has 1 saturated heterocycles. The molecule has 22 heavy (non-hydrogen) atoms. The molecule has 1 fully saturated rings. The molecule has 1 aromatic heterocycles. The van der Waals surface area contributed by atoms with E-state index in [-0.39, 0.29) is 5.91 Å². The van der Waals surface area contributed by atoms with E-state index in [9.17, 15) is 4.79 Å². The Bertz CT molecular complexity index is 466. The Morgan fingerprint density at radius 2 is 2.18 bits per heavy atom. The van der Waals surface area contributed by atoms with Crippen molar-refractivity contribution in [3.8, 4) is 0 Å². The SMILES string of the molecule is CCCC[C@@H](CC)NC(=O)c1cnc(C2CCN(C)CC2)s1. The molecule has 1 aliphatic rings. The third-order valence-corrected chi connectivity index (χ3v) is 5.71. The Kier molecular flexibility index (Phi) is 6.83. The van der Waals surface area contributed by atoms with Gasteiger partial charge in [-0.1, -0.05) is 26.7 Å². The van der Waals surface area contributed by atoms with Crippen molar-refractivity contribution < 1.29 is 4.79 Å². The highest BCUT2D eigenvalue weighted by Crippen LogP contribution is 2.30. The minimum Gasteiger partial charge on any atom is -0.349 e. The lowest BCUT2D eigenvalue weighted by molar-refractivity contribution is 0.0937. The summed E-state index contributed by atoms with van der Waals surface area (Å²) in [5, 5.41) is 4.30. The van der Waals surface area contributed by atoms with Crippen molar-refractivity contribution in [1.29, 1.82) is 0 Å². The van der Waals surface area contributed by atoms with E-state index >= 15 is 0 Å². The number of hydrogen-bond acceptors (Lipinski definition) is 4. The van der Waals surface area contributed by atoms with Crippen molar-refractivity contribution in [1.82, 2.24) is 15.2 Å². The van der Waals surface area contributed by atoms with Crippen molar-refractivity contribution in [2.75, 3.05) is 20.1 Å². The number of carbonyl (C=O) groups is 1. The Labute approximate surface area is 138 Å². The number of piperidine rings is 1. The molecule has 1 aromatic rings. The van der Waals surface area contributed by atoms with Gasteiger partial charge in [-0.05, 0) is 45.8 Å². The lowest BCUT2D eigenvalue weighted by Gasteiger charge is -2.27. The Hall–Kier alpha value is -0.940. The number of nitrogens with zero attached hydrogens (tertiary/aromatic N) is 2. The van der Waals surface area contributed by atoms with Gasteiger partial charge in [0.25, 0.3) is 5.91 Å².